The van der Waals surface area contributed by atoms with Gasteiger partial charge in [-0.2, -0.15) is 5.10 Å². The van der Waals surface area contributed by atoms with Gasteiger partial charge >= 0.3 is 0 Å². The van der Waals surface area contributed by atoms with E-state index in [1.54, 1.807) is 6.21 Å². The number of hydrazone groups is 1. The summed E-state index contributed by atoms with van der Waals surface area (Å²) >= 11 is 5.32. The fraction of sp³-hybridized carbons (Fsp3) is 0.333. The van der Waals surface area contributed by atoms with Gasteiger partial charge < -0.3 is 10.2 Å². The van der Waals surface area contributed by atoms with Crippen molar-refractivity contribution in [3.8, 4) is 0 Å². The van der Waals surface area contributed by atoms with Crippen LogP contribution < -0.4 is 15.6 Å². The molecule has 0 fully saturated rings. The number of rotatable bonds is 8. The predicted octanol–water partition coefficient (Wildman–Crippen LogP) is 4.81. The van der Waals surface area contributed by atoms with Crippen molar-refractivity contribution in [2.75, 3.05) is 23.3 Å². The van der Waals surface area contributed by atoms with Gasteiger partial charge in [-0.1, -0.05) is 44.2 Å². The first-order valence-corrected chi connectivity index (χ1v) is 9.61. The van der Waals surface area contributed by atoms with Crippen LogP contribution in [0, 0.1) is 0 Å². The molecule has 0 aliphatic heterocycles. The number of thiocarbonyl (C=S) groups is 1. The maximum atomic E-state index is 5.32. The van der Waals surface area contributed by atoms with Crippen LogP contribution in [0.2, 0.25) is 0 Å². The van der Waals surface area contributed by atoms with Gasteiger partial charge in [-0.05, 0) is 61.3 Å². The molecule has 4 nitrogen and oxygen atoms in total. The highest BCUT2D eigenvalue weighted by Crippen LogP contribution is 2.16. The summed E-state index contributed by atoms with van der Waals surface area (Å²) in [6, 6.07) is 16.5. The van der Waals surface area contributed by atoms with Gasteiger partial charge in [-0.15, -0.1) is 0 Å². The molecule has 0 heterocycles. The normalized spacial score (nSPS) is 10.7. The molecule has 2 rings (SSSR count). The minimum absolute atomic E-state index is 0.485. The molecule has 5 heteroatoms. The van der Waals surface area contributed by atoms with Gasteiger partial charge in [-0.25, -0.2) is 0 Å². The summed E-state index contributed by atoms with van der Waals surface area (Å²) in [5, 5.41) is 7.91. The topological polar surface area (TPSA) is 39.7 Å². The summed E-state index contributed by atoms with van der Waals surface area (Å²) in [6.07, 6.45) is 3.88. The van der Waals surface area contributed by atoms with Crippen molar-refractivity contribution in [1.82, 2.24) is 5.43 Å². The number of para-hydroxylation sites is 1. The van der Waals surface area contributed by atoms with Gasteiger partial charge in [0.05, 0.1) is 6.21 Å². The quantitative estimate of drug-likeness (QED) is 0.399. The lowest BCUT2D eigenvalue weighted by atomic mass is 10.1. The number of anilines is 2. The van der Waals surface area contributed by atoms with Gasteiger partial charge in [-0.3, -0.25) is 5.43 Å². The number of aryl methyl sites for hydroxylation is 1. The third kappa shape index (κ3) is 5.85. The zero-order valence-corrected chi connectivity index (χ0v) is 16.6. The second-order valence-corrected chi connectivity index (χ2v) is 6.41. The Kier molecular flexibility index (Phi) is 8.09. The first-order chi connectivity index (χ1) is 12.7. The molecule has 0 aliphatic carbocycles. The van der Waals surface area contributed by atoms with Crippen LogP contribution in [0.5, 0.6) is 0 Å². The van der Waals surface area contributed by atoms with E-state index in [-0.39, 0.29) is 0 Å². The van der Waals surface area contributed by atoms with E-state index in [0.29, 0.717) is 5.11 Å². The zero-order valence-electron chi connectivity index (χ0n) is 15.8. The Bertz CT molecular complexity index is 725. The Balaban J connectivity index is 1.90. The van der Waals surface area contributed by atoms with E-state index < -0.39 is 0 Å². The van der Waals surface area contributed by atoms with Crippen molar-refractivity contribution in [2.24, 2.45) is 5.10 Å². The predicted molar refractivity (Wildman–Crippen MR) is 117 cm³/mol. The Hall–Kier alpha value is -2.40. The van der Waals surface area contributed by atoms with Gasteiger partial charge in [0.25, 0.3) is 0 Å². The van der Waals surface area contributed by atoms with E-state index in [4.69, 9.17) is 12.2 Å². The Morgan fingerprint density at radius 2 is 1.81 bits per heavy atom. The summed E-state index contributed by atoms with van der Waals surface area (Å²) in [6.45, 7) is 8.59. The van der Waals surface area contributed by atoms with Gasteiger partial charge in [0, 0.05) is 24.5 Å². The zero-order chi connectivity index (χ0) is 18.8. The summed E-state index contributed by atoms with van der Waals surface area (Å²) in [7, 11) is 0. The van der Waals surface area contributed by atoms with Crippen LogP contribution >= 0.6 is 12.2 Å². The molecule has 2 aromatic carbocycles. The molecule has 0 spiro atoms. The van der Waals surface area contributed by atoms with Crippen LogP contribution in [0.1, 0.15) is 38.3 Å². The second-order valence-electron chi connectivity index (χ2n) is 6.01. The van der Waals surface area contributed by atoms with Crippen molar-refractivity contribution in [1.29, 1.82) is 0 Å². The van der Waals surface area contributed by atoms with Crippen molar-refractivity contribution in [3.05, 3.63) is 59.7 Å². The first-order valence-electron chi connectivity index (χ1n) is 9.20. The molecule has 138 valence electrons. The molecule has 0 aliphatic rings. The summed E-state index contributed by atoms with van der Waals surface area (Å²) in [4.78, 5) is 2.36. The number of hydrogen-bond acceptors (Lipinski definition) is 3. The number of hydrogen-bond donors (Lipinski definition) is 2. The maximum Gasteiger partial charge on any atom is 0.191 e. The third-order valence-corrected chi connectivity index (χ3v) is 4.35. The molecule has 26 heavy (non-hydrogen) atoms. The SMILES string of the molecule is CCCN(CC)c1ccc(/C=N\NC(=S)Nc2ccccc2CC)cc1. The van der Waals surface area contributed by atoms with Crippen molar-refractivity contribution in [3.63, 3.8) is 0 Å². The lowest BCUT2D eigenvalue weighted by Gasteiger charge is -2.22. The van der Waals surface area contributed by atoms with E-state index in [1.165, 1.54) is 11.3 Å². The van der Waals surface area contributed by atoms with Gasteiger partial charge in [0.1, 0.15) is 0 Å². The van der Waals surface area contributed by atoms with Crippen LogP contribution in [-0.2, 0) is 6.42 Å². The van der Waals surface area contributed by atoms with E-state index in [2.05, 4.69) is 71.8 Å². The first kappa shape index (κ1) is 19.9. The molecular formula is C21H28N4S. The lowest BCUT2D eigenvalue weighted by Crippen LogP contribution is -2.24. The van der Waals surface area contributed by atoms with Crippen LogP contribution in [-0.4, -0.2) is 24.4 Å². The minimum atomic E-state index is 0.485. The monoisotopic (exact) mass is 368 g/mol. The van der Waals surface area contributed by atoms with Gasteiger partial charge in [0.15, 0.2) is 5.11 Å². The average molecular weight is 369 g/mol. The van der Waals surface area contributed by atoms with E-state index in [1.807, 2.05) is 18.2 Å². The Labute approximate surface area is 162 Å². The average Bonchev–Trinajstić information content (AvgIpc) is 2.67. The van der Waals surface area contributed by atoms with Crippen LogP contribution in [0.3, 0.4) is 0 Å². The number of nitrogens with one attached hydrogen (secondary N) is 2. The second kappa shape index (κ2) is 10.6. The van der Waals surface area contributed by atoms with Crippen LogP contribution in [0.25, 0.3) is 0 Å². The molecule has 2 N–H and O–H groups in total. The summed E-state index contributed by atoms with van der Waals surface area (Å²) in [5.41, 5.74) is 7.40. The Morgan fingerprint density at radius 1 is 1.08 bits per heavy atom. The van der Waals surface area contributed by atoms with Crippen LogP contribution in [0.15, 0.2) is 53.6 Å². The number of nitrogens with zero attached hydrogens (tertiary/aromatic N) is 2. The largest absolute Gasteiger partial charge is 0.372 e. The molecule has 0 radical (unpaired) electrons. The lowest BCUT2D eigenvalue weighted by molar-refractivity contribution is 0.792. The van der Waals surface area contributed by atoms with Crippen molar-refractivity contribution in [2.45, 2.75) is 33.6 Å². The summed E-state index contributed by atoms with van der Waals surface area (Å²) in [5.74, 6) is 0. The molecule has 0 amide bonds. The van der Waals surface area contributed by atoms with Crippen LogP contribution in [0.4, 0.5) is 11.4 Å². The summed E-state index contributed by atoms with van der Waals surface area (Å²) < 4.78 is 0. The highest BCUT2D eigenvalue weighted by atomic mass is 32.1. The molecule has 0 saturated carbocycles. The van der Waals surface area contributed by atoms with E-state index in [9.17, 15) is 0 Å². The van der Waals surface area contributed by atoms with Crippen molar-refractivity contribution < 1.29 is 0 Å². The van der Waals surface area contributed by atoms with E-state index >= 15 is 0 Å². The molecular weight excluding hydrogens is 340 g/mol. The highest BCUT2D eigenvalue weighted by molar-refractivity contribution is 7.80. The maximum absolute atomic E-state index is 5.32. The smallest absolute Gasteiger partial charge is 0.191 e. The molecule has 0 aromatic heterocycles. The Morgan fingerprint density at radius 3 is 2.46 bits per heavy atom. The fourth-order valence-corrected chi connectivity index (χ4v) is 2.94. The minimum Gasteiger partial charge on any atom is -0.372 e. The molecule has 0 unspecified atom stereocenters. The molecule has 0 atom stereocenters. The number of benzene rings is 2. The highest BCUT2D eigenvalue weighted by Gasteiger charge is 2.03. The molecule has 0 bridgehead atoms. The van der Waals surface area contributed by atoms with Crippen molar-refractivity contribution >= 4 is 34.9 Å². The standard InChI is InChI=1S/C21H28N4S/c1-4-15-25(6-3)19-13-11-17(12-14-19)16-22-24-21(26)23-20-10-8-7-9-18(20)5-2/h7-14,16H,4-6,15H2,1-3H3,(H2,23,24,26)/b22-16-. The van der Waals surface area contributed by atoms with Gasteiger partial charge in [0.2, 0.25) is 0 Å². The fourth-order valence-electron chi connectivity index (χ4n) is 2.78. The molecule has 0 saturated heterocycles. The molecule has 2 aromatic rings. The third-order valence-electron chi connectivity index (χ3n) is 4.16. The van der Waals surface area contributed by atoms with E-state index in [0.717, 1.165) is 37.2 Å².